The summed E-state index contributed by atoms with van der Waals surface area (Å²) in [6, 6.07) is 0. The monoisotopic (exact) mass is 208 g/mol. The van der Waals surface area contributed by atoms with E-state index in [1.165, 1.54) is 6.42 Å². The Morgan fingerprint density at radius 2 is 2.00 bits per heavy atom. The first-order chi connectivity index (χ1) is 7.22. The molecule has 3 saturated carbocycles. The Kier molecular flexibility index (Phi) is 2.17. The summed E-state index contributed by atoms with van der Waals surface area (Å²) in [6.45, 7) is 0. The Bertz CT molecular complexity index is 286. The summed E-state index contributed by atoms with van der Waals surface area (Å²) in [5.74, 6) is 1.11. The second-order valence-electron chi connectivity index (χ2n) is 5.75. The fraction of sp³-hybridized carbons (Fsp3) is 0.923. The topological polar surface area (TPSA) is 37.3 Å². The highest BCUT2D eigenvalue weighted by Crippen LogP contribution is 2.52. The van der Waals surface area contributed by atoms with Crippen molar-refractivity contribution in [3.05, 3.63) is 0 Å². The Morgan fingerprint density at radius 3 is 2.87 bits per heavy atom. The number of hydrogen-bond donors (Lipinski definition) is 1. The van der Waals surface area contributed by atoms with Crippen LogP contribution in [0.1, 0.15) is 51.4 Å². The van der Waals surface area contributed by atoms with Gasteiger partial charge in [-0.1, -0.05) is 19.3 Å². The maximum absolute atomic E-state index is 12.1. The number of aliphatic hydroxyl groups is 1. The van der Waals surface area contributed by atoms with Crippen molar-refractivity contribution >= 4 is 5.78 Å². The minimum Gasteiger partial charge on any atom is -0.389 e. The molecule has 0 unspecified atom stereocenters. The van der Waals surface area contributed by atoms with E-state index < -0.39 is 5.60 Å². The summed E-state index contributed by atoms with van der Waals surface area (Å²) in [4.78, 5) is 12.1. The van der Waals surface area contributed by atoms with E-state index in [-0.39, 0.29) is 5.92 Å². The molecule has 3 aliphatic rings. The molecule has 84 valence electrons. The molecule has 0 spiro atoms. The van der Waals surface area contributed by atoms with Crippen LogP contribution in [0.5, 0.6) is 0 Å². The molecule has 0 heterocycles. The quantitative estimate of drug-likeness (QED) is 0.663. The van der Waals surface area contributed by atoms with Gasteiger partial charge in [0.05, 0.1) is 5.60 Å². The summed E-state index contributed by atoms with van der Waals surface area (Å²) in [5.41, 5.74) is -0.605. The lowest BCUT2D eigenvalue weighted by Gasteiger charge is -2.52. The molecule has 3 aliphatic carbocycles. The zero-order chi connectivity index (χ0) is 10.5. The van der Waals surface area contributed by atoms with E-state index in [0.29, 0.717) is 17.6 Å². The molecule has 0 amide bonds. The van der Waals surface area contributed by atoms with Gasteiger partial charge >= 0.3 is 0 Å². The minimum atomic E-state index is -0.605. The lowest BCUT2D eigenvalue weighted by molar-refractivity contribution is -0.167. The van der Waals surface area contributed by atoms with Crippen LogP contribution in [-0.4, -0.2) is 16.5 Å². The highest BCUT2D eigenvalue weighted by molar-refractivity contribution is 5.86. The third-order valence-electron chi connectivity index (χ3n) is 5.05. The Balaban J connectivity index is 1.94. The van der Waals surface area contributed by atoms with Gasteiger partial charge < -0.3 is 5.11 Å². The van der Waals surface area contributed by atoms with E-state index in [9.17, 15) is 9.90 Å². The number of Topliss-reactive ketones (excluding diaryl/α,β-unsaturated/α-hetero) is 1. The van der Waals surface area contributed by atoms with Crippen LogP contribution in [0.3, 0.4) is 0 Å². The first kappa shape index (κ1) is 9.83. The fourth-order valence-electron chi connectivity index (χ4n) is 4.24. The highest BCUT2D eigenvalue weighted by atomic mass is 16.3. The number of ketones is 1. The maximum Gasteiger partial charge on any atom is 0.141 e. The number of hydrogen-bond acceptors (Lipinski definition) is 2. The van der Waals surface area contributed by atoms with E-state index in [4.69, 9.17) is 0 Å². The van der Waals surface area contributed by atoms with Gasteiger partial charge in [-0.05, 0) is 38.0 Å². The molecule has 2 nitrogen and oxygen atoms in total. The molecule has 3 rings (SSSR count). The third kappa shape index (κ3) is 1.30. The predicted octanol–water partition coefficient (Wildman–Crippen LogP) is 2.30. The summed E-state index contributed by atoms with van der Waals surface area (Å²) in [6.07, 6.45) is 8.55. The molecule has 0 aromatic rings. The molecular weight excluding hydrogens is 188 g/mol. The zero-order valence-corrected chi connectivity index (χ0v) is 9.24. The SMILES string of the molecule is O=C1[C@H]2CCC[C@@H]1[C@@]1(O)CCCC[C@@H]1C2. The Labute approximate surface area is 91.1 Å². The largest absolute Gasteiger partial charge is 0.389 e. The van der Waals surface area contributed by atoms with Crippen molar-refractivity contribution in [3.63, 3.8) is 0 Å². The Morgan fingerprint density at radius 1 is 1.13 bits per heavy atom. The summed E-state index contributed by atoms with van der Waals surface area (Å²) in [5, 5.41) is 10.8. The lowest BCUT2D eigenvalue weighted by Crippen LogP contribution is -2.57. The molecule has 0 radical (unpaired) electrons. The van der Waals surface area contributed by atoms with Gasteiger partial charge in [-0.3, -0.25) is 4.79 Å². The summed E-state index contributed by atoms with van der Waals surface area (Å²) in [7, 11) is 0. The average Bonchev–Trinajstić information content (AvgIpc) is 2.21. The van der Waals surface area contributed by atoms with Gasteiger partial charge in [0.1, 0.15) is 5.78 Å². The molecule has 1 N–H and O–H groups in total. The number of carbonyl (C=O) groups excluding carboxylic acids is 1. The lowest BCUT2D eigenvalue weighted by atomic mass is 9.55. The van der Waals surface area contributed by atoms with Crippen LogP contribution in [0, 0.1) is 17.8 Å². The van der Waals surface area contributed by atoms with Crippen molar-refractivity contribution in [2.75, 3.05) is 0 Å². The Hall–Kier alpha value is -0.370. The van der Waals surface area contributed by atoms with Gasteiger partial charge in [0, 0.05) is 11.8 Å². The van der Waals surface area contributed by atoms with Crippen LogP contribution in [0.4, 0.5) is 0 Å². The fourth-order valence-corrected chi connectivity index (χ4v) is 4.24. The minimum absolute atomic E-state index is 0.00435. The first-order valence-corrected chi connectivity index (χ1v) is 6.48. The van der Waals surface area contributed by atoms with E-state index >= 15 is 0 Å². The maximum atomic E-state index is 12.1. The summed E-state index contributed by atoms with van der Waals surface area (Å²) >= 11 is 0. The van der Waals surface area contributed by atoms with Crippen LogP contribution >= 0.6 is 0 Å². The van der Waals surface area contributed by atoms with Gasteiger partial charge in [-0.2, -0.15) is 0 Å². The molecule has 0 aromatic heterocycles. The highest BCUT2D eigenvalue weighted by Gasteiger charge is 2.55. The molecule has 4 atom stereocenters. The molecule has 3 fully saturated rings. The van der Waals surface area contributed by atoms with Crippen molar-refractivity contribution in [2.45, 2.75) is 57.0 Å². The molecule has 0 saturated heterocycles. The van der Waals surface area contributed by atoms with Crippen molar-refractivity contribution < 1.29 is 9.90 Å². The van der Waals surface area contributed by atoms with Crippen LogP contribution in [-0.2, 0) is 4.79 Å². The smallest absolute Gasteiger partial charge is 0.141 e. The number of rotatable bonds is 0. The molecular formula is C13H20O2. The molecule has 0 aromatic carbocycles. The molecule has 0 aliphatic heterocycles. The van der Waals surface area contributed by atoms with Crippen LogP contribution in [0.2, 0.25) is 0 Å². The molecule has 15 heavy (non-hydrogen) atoms. The van der Waals surface area contributed by atoms with Crippen LogP contribution in [0.15, 0.2) is 0 Å². The van der Waals surface area contributed by atoms with E-state index in [0.717, 1.165) is 44.9 Å². The van der Waals surface area contributed by atoms with E-state index in [1.54, 1.807) is 0 Å². The van der Waals surface area contributed by atoms with Gasteiger partial charge in [0.15, 0.2) is 0 Å². The third-order valence-corrected chi connectivity index (χ3v) is 5.05. The second kappa shape index (κ2) is 3.31. The van der Waals surface area contributed by atoms with E-state index in [1.807, 2.05) is 0 Å². The van der Waals surface area contributed by atoms with Crippen LogP contribution < -0.4 is 0 Å². The second-order valence-corrected chi connectivity index (χ2v) is 5.75. The first-order valence-electron chi connectivity index (χ1n) is 6.48. The van der Waals surface area contributed by atoms with Crippen LogP contribution in [0.25, 0.3) is 0 Å². The van der Waals surface area contributed by atoms with Gasteiger partial charge in [-0.25, -0.2) is 0 Å². The summed E-state index contributed by atoms with van der Waals surface area (Å²) < 4.78 is 0. The van der Waals surface area contributed by atoms with E-state index in [2.05, 4.69) is 0 Å². The number of fused-ring (bicyclic) bond motifs is 4. The standard InChI is InChI=1S/C13H20O2/c14-12-9-4-3-6-11(12)13(15)7-2-1-5-10(13)8-9/h9-11,15H,1-8H2/t9-,10+,11-,13+/m0/s1. The number of carbonyl (C=O) groups is 1. The van der Waals surface area contributed by atoms with Gasteiger partial charge in [0.2, 0.25) is 0 Å². The van der Waals surface area contributed by atoms with Gasteiger partial charge in [-0.15, -0.1) is 0 Å². The normalized spacial score (nSPS) is 49.9. The molecule has 2 bridgehead atoms. The predicted molar refractivity (Wildman–Crippen MR) is 57.4 cm³/mol. The average molecular weight is 208 g/mol. The van der Waals surface area contributed by atoms with Gasteiger partial charge in [0.25, 0.3) is 0 Å². The van der Waals surface area contributed by atoms with Crippen molar-refractivity contribution in [3.8, 4) is 0 Å². The van der Waals surface area contributed by atoms with Crippen molar-refractivity contribution in [2.24, 2.45) is 17.8 Å². The van der Waals surface area contributed by atoms with Crippen molar-refractivity contribution in [1.82, 2.24) is 0 Å². The zero-order valence-electron chi connectivity index (χ0n) is 9.24. The molecule has 2 heteroatoms. The van der Waals surface area contributed by atoms with Crippen molar-refractivity contribution in [1.29, 1.82) is 0 Å².